The van der Waals surface area contributed by atoms with E-state index in [2.05, 4.69) is 18.7 Å². The molecule has 0 amide bonds. The minimum Gasteiger partial charge on any atom is -0.495 e. The molecule has 0 spiro atoms. The zero-order chi connectivity index (χ0) is 13.3. The Balaban J connectivity index is 2.40. The van der Waals surface area contributed by atoms with E-state index in [1.807, 2.05) is 18.2 Å². The van der Waals surface area contributed by atoms with Gasteiger partial charge in [-0.2, -0.15) is 0 Å². The molecule has 1 unspecified atom stereocenters. The monoisotopic (exact) mass is 268 g/mol. The van der Waals surface area contributed by atoms with Gasteiger partial charge < -0.3 is 15.4 Å². The van der Waals surface area contributed by atoms with Crippen LogP contribution in [0.2, 0.25) is 5.02 Å². The molecule has 100 valence electrons. The van der Waals surface area contributed by atoms with Crippen molar-refractivity contribution < 1.29 is 4.74 Å². The molecule has 0 saturated carbocycles. The molecule has 1 aliphatic heterocycles. The van der Waals surface area contributed by atoms with Crippen molar-refractivity contribution in [3.8, 4) is 5.75 Å². The van der Waals surface area contributed by atoms with Gasteiger partial charge >= 0.3 is 0 Å². The Kier molecular flexibility index (Phi) is 3.74. The van der Waals surface area contributed by atoms with Crippen LogP contribution in [0.4, 0.5) is 5.69 Å². The second kappa shape index (κ2) is 4.98. The summed E-state index contributed by atoms with van der Waals surface area (Å²) in [6, 6.07) is 5.75. The third-order valence-corrected chi connectivity index (χ3v) is 4.35. The number of ether oxygens (including phenoxy) is 1. The molecule has 3 nitrogen and oxygen atoms in total. The highest BCUT2D eigenvalue weighted by atomic mass is 35.5. The average Bonchev–Trinajstić information content (AvgIpc) is 2.63. The number of halogens is 1. The summed E-state index contributed by atoms with van der Waals surface area (Å²) < 4.78 is 5.44. The van der Waals surface area contributed by atoms with Crippen molar-refractivity contribution in [1.82, 2.24) is 0 Å². The fourth-order valence-electron chi connectivity index (χ4n) is 2.86. The van der Waals surface area contributed by atoms with E-state index in [1.54, 1.807) is 7.11 Å². The van der Waals surface area contributed by atoms with E-state index in [4.69, 9.17) is 22.1 Å². The van der Waals surface area contributed by atoms with Gasteiger partial charge in [-0.15, -0.1) is 0 Å². The van der Waals surface area contributed by atoms with Gasteiger partial charge in [0, 0.05) is 17.1 Å². The first-order chi connectivity index (χ1) is 8.50. The number of rotatable bonds is 3. The predicted octanol–water partition coefficient (Wildman–Crippen LogP) is 2.91. The Morgan fingerprint density at radius 1 is 1.50 bits per heavy atom. The molecule has 1 aromatic carbocycles. The minimum absolute atomic E-state index is 0.0344. The van der Waals surface area contributed by atoms with Crippen molar-refractivity contribution in [2.75, 3.05) is 25.1 Å². The molecule has 1 fully saturated rings. The summed E-state index contributed by atoms with van der Waals surface area (Å²) in [5, 5.41) is 0.734. The van der Waals surface area contributed by atoms with E-state index in [-0.39, 0.29) is 5.54 Å². The van der Waals surface area contributed by atoms with Gasteiger partial charge in [0.05, 0.1) is 12.8 Å². The highest BCUT2D eigenvalue weighted by Crippen LogP contribution is 2.42. The SMILES string of the molecule is COc1ccc(Cl)cc1N1CCC(CN)C1(C)C. The van der Waals surface area contributed by atoms with Gasteiger partial charge in [0.2, 0.25) is 0 Å². The van der Waals surface area contributed by atoms with Crippen molar-refractivity contribution in [1.29, 1.82) is 0 Å². The van der Waals surface area contributed by atoms with Gasteiger partial charge in [-0.05, 0) is 50.9 Å². The van der Waals surface area contributed by atoms with Crippen molar-refractivity contribution in [3.63, 3.8) is 0 Å². The first kappa shape index (κ1) is 13.5. The molecule has 2 rings (SSSR count). The summed E-state index contributed by atoms with van der Waals surface area (Å²) in [5.74, 6) is 1.37. The van der Waals surface area contributed by atoms with Gasteiger partial charge in [0.1, 0.15) is 5.75 Å². The summed E-state index contributed by atoms with van der Waals surface area (Å²) in [5.41, 5.74) is 6.96. The van der Waals surface area contributed by atoms with Gasteiger partial charge in [-0.25, -0.2) is 0 Å². The van der Waals surface area contributed by atoms with Gasteiger partial charge in [-0.1, -0.05) is 11.6 Å². The predicted molar refractivity (Wildman–Crippen MR) is 76.6 cm³/mol. The van der Waals surface area contributed by atoms with E-state index in [0.717, 1.165) is 29.4 Å². The quantitative estimate of drug-likeness (QED) is 0.916. The van der Waals surface area contributed by atoms with Crippen molar-refractivity contribution in [2.45, 2.75) is 25.8 Å². The van der Waals surface area contributed by atoms with Crippen molar-refractivity contribution in [3.05, 3.63) is 23.2 Å². The number of anilines is 1. The average molecular weight is 269 g/mol. The molecule has 1 heterocycles. The molecule has 18 heavy (non-hydrogen) atoms. The summed E-state index contributed by atoms with van der Waals surface area (Å²) in [6.45, 7) is 6.17. The summed E-state index contributed by atoms with van der Waals surface area (Å²) in [7, 11) is 1.69. The van der Waals surface area contributed by atoms with Crippen LogP contribution in [0.5, 0.6) is 5.75 Å². The van der Waals surface area contributed by atoms with E-state index in [1.165, 1.54) is 0 Å². The number of hydrogen-bond donors (Lipinski definition) is 1. The lowest BCUT2D eigenvalue weighted by molar-refractivity contribution is 0.367. The van der Waals surface area contributed by atoms with Crippen LogP contribution in [0.15, 0.2) is 18.2 Å². The normalized spacial score (nSPS) is 22.3. The van der Waals surface area contributed by atoms with Crippen LogP contribution in [0.1, 0.15) is 20.3 Å². The second-order valence-corrected chi connectivity index (χ2v) is 5.78. The van der Waals surface area contributed by atoms with Gasteiger partial charge in [-0.3, -0.25) is 0 Å². The Bertz CT molecular complexity index is 434. The van der Waals surface area contributed by atoms with Gasteiger partial charge in [0.15, 0.2) is 0 Å². The second-order valence-electron chi connectivity index (χ2n) is 5.34. The maximum Gasteiger partial charge on any atom is 0.142 e. The molecule has 2 N–H and O–H groups in total. The highest BCUT2D eigenvalue weighted by molar-refractivity contribution is 6.30. The Labute approximate surface area is 114 Å². The van der Waals surface area contributed by atoms with Crippen LogP contribution in [-0.4, -0.2) is 25.7 Å². The minimum atomic E-state index is 0.0344. The molecule has 1 saturated heterocycles. The van der Waals surface area contributed by atoms with Crippen LogP contribution in [0, 0.1) is 5.92 Å². The topological polar surface area (TPSA) is 38.5 Å². The fraction of sp³-hybridized carbons (Fsp3) is 0.571. The number of nitrogens with zero attached hydrogens (tertiary/aromatic N) is 1. The van der Waals surface area contributed by atoms with Crippen molar-refractivity contribution in [2.24, 2.45) is 11.7 Å². The van der Waals surface area contributed by atoms with Crippen LogP contribution in [-0.2, 0) is 0 Å². The number of hydrogen-bond acceptors (Lipinski definition) is 3. The first-order valence-corrected chi connectivity index (χ1v) is 6.69. The summed E-state index contributed by atoms with van der Waals surface area (Å²) in [6.07, 6.45) is 1.11. The Morgan fingerprint density at radius 2 is 2.22 bits per heavy atom. The first-order valence-electron chi connectivity index (χ1n) is 6.32. The summed E-state index contributed by atoms with van der Waals surface area (Å²) in [4.78, 5) is 2.36. The van der Waals surface area contributed by atoms with E-state index < -0.39 is 0 Å². The van der Waals surface area contributed by atoms with E-state index >= 15 is 0 Å². The van der Waals surface area contributed by atoms with E-state index in [0.29, 0.717) is 12.5 Å². The lowest BCUT2D eigenvalue weighted by Crippen LogP contribution is -2.44. The lowest BCUT2D eigenvalue weighted by Gasteiger charge is -2.38. The molecule has 0 bridgehead atoms. The van der Waals surface area contributed by atoms with Crippen LogP contribution in [0.25, 0.3) is 0 Å². The highest BCUT2D eigenvalue weighted by Gasteiger charge is 2.41. The standard InChI is InChI=1S/C14H21ClN2O/c1-14(2)10(9-16)6-7-17(14)12-8-11(15)4-5-13(12)18-3/h4-5,8,10H,6-7,9,16H2,1-3H3. The van der Waals surface area contributed by atoms with Crippen LogP contribution < -0.4 is 15.4 Å². The number of nitrogens with two attached hydrogens (primary N) is 1. The zero-order valence-corrected chi connectivity index (χ0v) is 12.0. The molecule has 0 radical (unpaired) electrons. The molecular formula is C14H21ClN2O. The van der Waals surface area contributed by atoms with Gasteiger partial charge in [0.25, 0.3) is 0 Å². The number of methoxy groups -OCH3 is 1. The molecular weight excluding hydrogens is 248 g/mol. The molecule has 4 heteroatoms. The zero-order valence-electron chi connectivity index (χ0n) is 11.2. The maximum atomic E-state index is 6.11. The molecule has 0 aromatic heterocycles. The molecule has 1 atom stereocenters. The largest absolute Gasteiger partial charge is 0.495 e. The lowest BCUT2D eigenvalue weighted by atomic mass is 9.88. The van der Waals surface area contributed by atoms with Crippen molar-refractivity contribution >= 4 is 17.3 Å². The molecule has 1 aromatic rings. The third-order valence-electron chi connectivity index (χ3n) is 4.11. The third kappa shape index (κ3) is 2.17. The molecule has 1 aliphatic rings. The smallest absolute Gasteiger partial charge is 0.142 e. The van der Waals surface area contributed by atoms with Crippen LogP contribution >= 0.6 is 11.6 Å². The number of benzene rings is 1. The van der Waals surface area contributed by atoms with E-state index in [9.17, 15) is 0 Å². The van der Waals surface area contributed by atoms with Crippen LogP contribution in [0.3, 0.4) is 0 Å². The Hall–Kier alpha value is -0.930. The maximum absolute atomic E-state index is 6.11. The summed E-state index contributed by atoms with van der Waals surface area (Å²) >= 11 is 6.11. The molecule has 0 aliphatic carbocycles. The Morgan fingerprint density at radius 3 is 2.78 bits per heavy atom. The fourth-order valence-corrected chi connectivity index (χ4v) is 3.02.